The zero-order valence-electron chi connectivity index (χ0n) is 23.4. The van der Waals surface area contributed by atoms with E-state index in [1.165, 1.54) is 31.2 Å². The van der Waals surface area contributed by atoms with Gasteiger partial charge in [0.2, 0.25) is 17.7 Å². The fourth-order valence-electron chi connectivity index (χ4n) is 5.69. The number of nitrogens with one attached hydrogen (secondary N) is 2. The maximum absolute atomic E-state index is 13.5. The molecule has 4 rings (SSSR count). The topological polar surface area (TPSA) is 81.8 Å². The molecule has 2 N–H and O–H groups in total. The summed E-state index contributed by atoms with van der Waals surface area (Å²) in [5, 5.41) is 5.99. The molecule has 2 aliphatic rings. The van der Waals surface area contributed by atoms with Gasteiger partial charge in [-0.3, -0.25) is 19.3 Å². The second kappa shape index (κ2) is 14.8. The largest absolute Gasteiger partial charge is 0.344 e. The van der Waals surface area contributed by atoms with Gasteiger partial charge in [0, 0.05) is 57.7 Å². The van der Waals surface area contributed by atoms with Crippen LogP contribution in [0.2, 0.25) is 0 Å². The van der Waals surface area contributed by atoms with E-state index in [0.29, 0.717) is 38.3 Å². The minimum absolute atomic E-state index is 0.0306. The molecular weight excluding hydrogens is 488 g/mol. The second-order valence-electron chi connectivity index (χ2n) is 11.1. The van der Waals surface area contributed by atoms with Crippen LogP contribution in [0.25, 0.3) is 0 Å². The second-order valence-corrected chi connectivity index (χ2v) is 11.1. The smallest absolute Gasteiger partial charge is 0.245 e. The quantitative estimate of drug-likeness (QED) is 0.432. The number of nitrogens with zero attached hydrogens (tertiary/aromatic N) is 2. The first-order chi connectivity index (χ1) is 19.0. The zero-order valence-corrected chi connectivity index (χ0v) is 23.4. The van der Waals surface area contributed by atoms with Crippen LogP contribution in [0.1, 0.15) is 69.4 Å². The molecule has 0 radical (unpaired) electrons. The molecule has 1 heterocycles. The van der Waals surface area contributed by atoms with Crippen molar-refractivity contribution in [2.75, 3.05) is 31.5 Å². The third-order valence-electron chi connectivity index (χ3n) is 8.01. The van der Waals surface area contributed by atoms with Crippen LogP contribution in [-0.4, -0.2) is 59.7 Å². The standard InChI is InChI=1S/C32H44N4O3/c1-2-30(37)34-29(32(39)36-20-18-35(19-21-36)24-27-12-8-5-9-13-27)22-26-14-16-28(17-15-26)33-31(38)23-25-10-6-3-4-7-11-25/h5,8-9,12-17,25,29H,2-4,6-7,10-11,18-24H2,1H3,(H,33,38)(H,34,37)/t29-/m1/s1. The van der Waals surface area contributed by atoms with E-state index in [2.05, 4.69) is 39.8 Å². The lowest BCUT2D eigenvalue weighted by Crippen LogP contribution is -2.55. The predicted octanol–water partition coefficient (Wildman–Crippen LogP) is 4.77. The summed E-state index contributed by atoms with van der Waals surface area (Å²) in [4.78, 5) is 42.6. The highest BCUT2D eigenvalue weighted by atomic mass is 16.2. The van der Waals surface area contributed by atoms with Crippen LogP contribution in [0.4, 0.5) is 5.69 Å². The molecule has 1 saturated heterocycles. The molecule has 39 heavy (non-hydrogen) atoms. The normalized spacial score (nSPS) is 17.7. The minimum atomic E-state index is -0.603. The number of hydrogen-bond acceptors (Lipinski definition) is 4. The van der Waals surface area contributed by atoms with Crippen LogP contribution in [0.5, 0.6) is 0 Å². The van der Waals surface area contributed by atoms with Gasteiger partial charge in [-0.25, -0.2) is 0 Å². The van der Waals surface area contributed by atoms with Crippen molar-refractivity contribution >= 4 is 23.4 Å². The van der Waals surface area contributed by atoms with Gasteiger partial charge in [0.05, 0.1) is 0 Å². The van der Waals surface area contributed by atoms with Gasteiger partial charge in [0.25, 0.3) is 0 Å². The fraction of sp³-hybridized carbons (Fsp3) is 0.531. The van der Waals surface area contributed by atoms with Crippen LogP contribution >= 0.6 is 0 Å². The summed E-state index contributed by atoms with van der Waals surface area (Å²) in [6.07, 6.45) is 8.65. The fourth-order valence-corrected chi connectivity index (χ4v) is 5.69. The zero-order chi connectivity index (χ0) is 27.5. The van der Waals surface area contributed by atoms with E-state index in [-0.39, 0.29) is 17.7 Å². The van der Waals surface area contributed by atoms with Gasteiger partial charge in [-0.2, -0.15) is 0 Å². The number of rotatable bonds is 10. The van der Waals surface area contributed by atoms with Gasteiger partial charge in [0.1, 0.15) is 6.04 Å². The highest BCUT2D eigenvalue weighted by molar-refractivity contribution is 5.91. The van der Waals surface area contributed by atoms with Crippen molar-refractivity contribution in [1.82, 2.24) is 15.1 Å². The molecule has 3 amide bonds. The Morgan fingerprint density at radius 3 is 2.13 bits per heavy atom. The Balaban J connectivity index is 1.30. The number of anilines is 1. The molecule has 1 aliphatic heterocycles. The Morgan fingerprint density at radius 1 is 0.821 bits per heavy atom. The number of carbonyl (C=O) groups excluding carboxylic acids is 3. The summed E-state index contributed by atoms with van der Waals surface area (Å²) in [5.74, 6) is 0.403. The lowest BCUT2D eigenvalue weighted by molar-refractivity contribution is -0.138. The maximum Gasteiger partial charge on any atom is 0.245 e. The lowest BCUT2D eigenvalue weighted by atomic mass is 9.96. The van der Waals surface area contributed by atoms with Crippen molar-refractivity contribution in [2.45, 2.75) is 77.3 Å². The Labute approximate surface area is 233 Å². The van der Waals surface area contributed by atoms with E-state index in [1.807, 2.05) is 35.2 Å². The number of benzene rings is 2. The van der Waals surface area contributed by atoms with Crippen molar-refractivity contribution in [2.24, 2.45) is 5.92 Å². The van der Waals surface area contributed by atoms with Crippen LogP contribution in [0, 0.1) is 5.92 Å². The van der Waals surface area contributed by atoms with Crippen molar-refractivity contribution in [3.63, 3.8) is 0 Å². The molecule has 210 valence electrons. The van der Waals surface area contributed by atoms with Crippen molar-refractivity contribution in [3.8, 4) is 0 Å². The van der Waals surface area contributed by atoms with Crippen LogP contribution in [0.15, 0.2) is 54.6 Å². The predicted molar refractivity (Wildman–Crippen MR) is 155 cm³/mol. The molecule has 7 nitrogen and oxygen atoms in total. The summed E-state index contributed by atoms with van der Waals surface area (Å²) in [7, 11) is 0. The van der Waals surface area contributed by atoms with Gasteiger partial charge in [-0.05, 0) is 42.0 Å². The van der Waals surface area contributed by atoms with Crippen LogP contribution in [-0.2, 0) is 27.3 Å². The van der Waals surface area contributed by atoms with E-state index >= 15 is 0 Å². The number of amides is 3. The molecule has 1 aliphatic carbocycles. The molecule has 0 bridgehead atoms. The maximum atomic E-state index is 13.5. The molecule has 7 heteroatoms. The Hall–Kier alpha value is -3.19. The number of carbonyl (C=O) groups is 3. The van der Waals surface area contributed by atoms with Crippen molar-refractivity contribution in [1.29, 1.82) is 0 Å². The van der Waals surface area contributed by atoms with Gasteiger partial charge < -0.3 is 15.5 Å². The summed E-state index contributed by atoms with van der Waals surface area (Å²) in [5.41, 5.74) is 3.00. The summed E-state index contributed by atoms with van der Waals surface area (Å²) < 4.78 is 0. The number of hydrogen-bond donors (Lipinski definition) is 2. The third-order valence-corrected chi connectivity index (χ3v) is 8.01. The Bertz CT molecular complexity index is 1060. The van der Waals surface area contributed by atoms with E-state index in [1.54, 1.807) is 6.92 Å². The molecular formula is C32H44N4O3. The summed E-state index contributed by atoms with van der Waals surface area (Å²) in [6, 6.07) is 17.4. The molecule has 0 spiro atoms. The van der Waals surface area contributed by atoms with Crippen LogP contribution in [0.3, 0.4) is 0 Å². The van der Waals surface area contributed by atoms with Crippen molar-refractivity contribution in [3.05, 3.63) is 65.7 Å². The minimum Gasteiger partial charge on any atom is -0.344 e. The first-order valence-electron chi connectivity index (χ1n) is 14.7. The van der Waals surface area contributed by atoms with Gasteiger partial charge in [-0.15, -0.1) is 0 Å². The monoisotopic (exact) mass is 532 g/mol. The molecule has 2 aromatic carbocycles. The lowest BCUT2D eigenvalue weighted by Gasteiger charge is -2.36. The highest BCUT2D eigenvalue weighted by Crippen LogP contribution is 2.26. The molecule has 2 fully saturated rings. The third kappa shape index (κ3) is 9.20. The van der Waals surface area contributed by atoms with Crippen LogP contribution < -0.4 is 10.6 Å². The van der Waals surface area contributed by atoms with E-state index < -0.39 is 6.04 Å². The highest BCUT2D eigenvalue weighted by Gasteiger charge is 2.28. The Kier molecular flexibility index (Phi) is 11.0. The van der Waals surface area contributed by atoms with E-state index in [4.69, 9.17) is 0 Å². The van der Waals surface area contributed by atoms with Gasteiger partial charge >= 0.3 is 0 Å². The number of piperazine rings is 1. The SMILES string of the molecule is CCC(=O)N[C@H](Cc1ccc(NC(=O)CC2CCCCCC2)cc1)C(=O)N1CCN(Cc2ccccc2)CC1. The first-order valence-corrected chi connectivity index (χ1v) is 14.7. The Morgan fingerprint density at radius 2 is 1.49 bits per heavy atom. The summed E-state index contributed by atoms with van der Waals surface area (Å²) in [6.45, 7) is 5.59. The molecule has 1 saturated carbocycles. The van der Waals surface area contributed by atoms with E-state index in [9.17, 15) is 14.4 Å². The van der Waals surface area contributed by atoms with E-state index in [0.717, 1.165) is 43.7 Å². The average Bonchev–Trinajstić information content (AvgIpc) is 3.22. The first kappa shape index (κ1) is 28.8. The molecule has 0 aromatic heterocycles. The molecule has 1 atom stereocenters. The molecule has 0 unspecified atom stereocenters. The van der Waals surface area contributed by atoms with Crippen molar-refractivity contribution < 1.29 is 14.4 Å². The van der Waals surface area contributed by atoms with Gasteiger partial charge in [0.15, 0.2) is 0 Å². The summed E-state index contributed by atoms with van der Waals surface area (Å²) >= 11 is 0. The average molecular weight is 533 g/mol. The van der Waals surface area contributed by atoms with Gasteiger partial charge in [-0.1, -0.05) is 75.1 Å². The molecule has 2 aromatic rings.